The molecule has 0 bridgehead atoms. The number of nitrogens with zero attached hydrogens (tertiary/aromatic N) is 1. The Balaban J connectivity index is 2.06. The Morgan fingerprint density at radius 3 is 2.69 bits per heavy atom. The van der Waals surface area contributed by atoms with Crippen LogP contribution in [-0.2, 0) is 0 Å². The van der Waals surface area contributed by atoms with Gasteiger partial charge in [0.15, 0.2) is 0 Å². The molecule has 86 valence electrons. The van der Waals surface area contributed by atoms with Gasteiger partial charge in [-0.05, 0) is 56.4 Å². The highest BCUT2D eigenvalue weighted by molar-refractivity contribution is 6.45. The molecule has 0 radical (unpaired) electrons. The summed E-state index contributed by atoms with van der Waals surface area (Å²) in [7, 11) is -0.336. The Morgan fingerprint density at radius 2 is 2.06 bits per heavy atom. The van der Waals surface area contributed by atoms with Gasteiger partial charge < -0.3 is 15.6 Å². The van der Waals surface area contributed by atoms with Crippen molar-refractivity contribution in [1.82, 2.24) is 4.81 Å². The molecule has 2 rings (SSSR count). The van der Waals surface area contributed by atoms with Gasteiger partial charge in [0.1, 0.15) is 0 Å². The first-order chi connectivity index (χ1) is 7.66. The van der Waals surface area contributed by atoms with Crippen molar-refractivity contribution >= 4 is 12.7 Å². The molecule has 0 amide bonds. The van der Waals surface area contributed by atoms with E-state index in [-0.39, 0.29) is 7.05 Å². The monoisotopic (exact) mass is 218 g/mol. The summed E-state index contributed by atoms with van der Waals surface area (Å²) in [5, 5.41) is 9.59. The molecule has 1 fully saturated rings. The van der Waals surface area contributed by atoms with Crippen LogP contribution in [-0.4, -0.2) is 30.0 Å². The van der Waals surface area contributed by atoms with E-state index in [1.54, 1.807) is 0 Å². The van der Waals surface area contributed by atoms with Gasteiger partial charge in [-0.15, -0.1) is 0 Å². The van der Waals surface area contributed by atoms with Gasteiger partial charge in [-0.3, -0.25) is 0 Å². The average Bonchev–Trinajstić information content (AvgIpc) is 2.30. The Kier molecular flexibility index (Phi) is 3.51. The standard InChI is InChI=1S/C12H19BN2O/c1-13(16)15-8-2-3-11(9-15)10-4-6-12(14)7-5-10/h4-7,11,16H,2-3,8-9,14H2,1H3. The van der Waals surface area contributed by atoms with Crippen molar-refractivity contribution in [2.75, 3.05) is 18.8 Å². The van der Waals surface area contributed by atoms with Gasteiger partial charge in [0, 0.05) is 5.69 Å². The Bertz CT molecular complexity index is 339. The second-order valence-corrected chi connectivity index (χ2v) is 4.63. The van der Waals surface area contributed by atoms with Crippen LogP contribution in [0.15, 0.2) is 24.3 Å². The lowest BCUT2D eigenvalue weighted by molar-refractivity contribution is 0.285. The van der Waals surface area contributed by atoms with Crippen LogP contribution in [0.2, 0.25) is 6.82 Å². The van der Waals surface area contributed by atoms with Crippen molar-refractivity contribution in [3.05, 3.63) is 29.8 Å². The highest BCUT2D eigenvalue weighted by Gasteiger charge is 2.25. The average molecular weight is 218 g/mol. The summed E-state index contributed by atoms with van der Waals surface area (Å²) in [5.74, 6) is 0.531. The van der Waals surface area contributed by atoms with E-state index in [0.717, 1.165) is 25.2 Å². The topological polar surface area (TPSA) is 49.5 Å². The molecule has 0 aromatic heterocycles. The Hall–Kier alpha value is -0.995. The molecular formula is C12H19BN2O. The molecule has 3 nitrogen and oxygen atoms in total. The molecule has 0 aliphatic carbocycles. The quantitative estimate of drug-likeness (QED) is 0.585. The molecule has 0 saturated carbocycles. The van der Waals surface area contributed by atoms with Crippen LogP contribution in [0.5, 0.6) is 0 Å². The Labute approximate surface area is 97.4 Å². The lowest BCUT2D eigenvalue weighted by Crippen LogP contribution is -2.43. The van der Waals surface area contributed by atoms with E-state index in [9.17, 15) is 5.02 Å². The molecular weight excluding hydrogens is 199 g/mol. The van der Waals surface area contributed by atoms with Crippen LogP contribution in [0.3, 0.4) is 0 Å². The van der Waals surface area contributed by atoms with E-state index in [2.05, 4.69) is 16.9 Å². The normalized spacial score (nSPS) is 22.0. The van der Waals surface area contributed by atoms with E-state index in [1.807, 2.05) is 19.0 Å². The second-order valence-electron chi connectivity index (χ2n) is 4.63. The van der Waals surface area contributed by atoms with E-state index in [0.29, 0.717) is 5.92 Å². The molecule has 1 aromatic carbocycles. The van der Waals surface area contributed by atoms with Gasteiger partial charge in [0.2, 0.25) is 0 Å². The predicted octanol–water partition coefficient (Wildman–Crippen LogP) is 1.56. The lowest BCUT2D eigenvalue weighted by Gasteiger charge is -2.33. The fourth-order valence-corrected chi connectivity index (χ4v) is 2.39. The molecule has 1 aromatic rings. The largest absolute Gasteiger partial charge is 0.437 e. The number of nitrogens with two attached hydrogens (primary N) is 1. The summed E-state index contributed by atoms with van der Waals surface area (Å²) in [6.45, 7) is 3.79. The number of benzene rings is 1. The van der Waals surface area contributed by atoms with Crippen LogP contribution >= 0.6 is 0 Å². The van der Waals surface area contributed by atoms with Crippen molar-refractivity contribution in [1.29, 1.82) is 0 Å². The molecule has 1 aliphatic heterocycles. The number of hydrogen-bond donors (Lipinski definition) is 2. The van der Waals surface area contributed by atoms with E-state index < -0.39 is 0 Å². The first kappa shape index (κ1) is 11.5. The van der Waals surface area contributed by atoms with Gasteiger partial charge in [-0.25, -0.2) is 0 Å². The fourth-order valence-electron chi connectivity index (χ4n) is 2.39. The summed E-state index contributed by atoms with van der Waals surface area (Å²) >= 11 is 0. The fraction of sp³-hybridized carbons (Fsp3) is 0.500. The summed E-state index contributed by atoms with van der Waals surface area (Å²) in [4.78, 5) is 2.13. The summed E-state index contributed by atoms with van der Waals surface area (Å²) < 4.78 is 0. The summed E-state index contributed by atoms with van der Waals surface area (Å²) in [6, 6.07) is 8.12. The zero-order chi connectivity index (χ0) is 11.5. The van der Waals surface area contributed by atoms with Gasteiger partial charge in [0.25, 0.3) is 0 Å². The lowest BCUT2D eigenvalue weighted by atomic mass is 9.79. The molecule has 1 atom stereocenters. The van der Waals surface area contributed by atoms with Crippen molar-refractivity contribution in [2.24, 2.45) is 0 Å². The molecule has 16 heavy (non-hydrogen) atoms. The van der Waals surface area contributed by atoms with Crippen LogP contribution in [0, 0.1) is 0 Å². The minimum Gasteiger partial charge on any atom is -0.437 e. The molecule has 1 heterocycles. The van der Waals surface area contributed by atoms with E-state index >= 15 is 0 Å². The van der Waals surface area contributed by atoms with Crippen molar-refractivity contribution in [3.63, 3.8) is 0 Å². The van der Waals surface area contributed by atoms with Crippen LogP contribution in [0.1, 0.15) is 24.3 Å². The minimum atomic E-state index is -0.336. The molecule has 1 saturated heterocycles. The molecule has 0 spiro atoms. The molecule has 1 unspecified atom stereocenters. The van der Waals surface area contributed by atoms with Crippen molar-refractivity contribution < 1.29 is 5.02 Å². The predicted molar refractivity (Wildman–Crippen MR) is 68.2 cm³/mol. The number of hydrogen-bond acceptors (Lipinski definition) is 3. The maximum Gasteiger partial charge on any atom is 0.376 e. The third kappa shape index (κ3) is 2.57. The first-order valence-corrected chi connectivity index (χ1v) is 5.94. The van der Waals surface area contributed by atoms with Gasteiger partial charge in [-0.1, -0.05) is 12.1 Å². The zero-order valence-corrected chi connectivity index (χ0v) is 9.76. The van der Waals surface area contributed by atoms with Crippen LogP contribution in [0.25, 0.3) is 0 Å². The van der Waals surface area contributed by atoms with E-state index in [4.69, 9.17) is 5.73 Å². The Morgan fingerprint density at radius 1 is 1.38 bits per heavy atom. The molecule has 3 N–H and O–H groups in total. The van der Waals surface area contributed by atoms with Gasteiger partial charge in [-0.2, -0.15) is 0 Å². The number of rotatable bonds is 2. The highest BCUT2D eigenvalue weighted by atomic mass is 16.2. The third-order valence-corrected chi connectivity index (χ3v) is 3.39. The zero-order valence-electron chi connectivity index (χ0n) is 9.76. The number of piperidine rings is 1. The molecule has 1 aliphatic rings. The first-order valence-electron chi connectivity index (χ1n) is 5.94. The van der Waals surface area contributed by atoms with Crippen molar-refractivity contribution in [2.45, 2.75) is 25.6 Å². The van der Waals surface area contributed by atoms with Crippen LogP contribution < -0.4 is 5.73 Å². The summed E-state index contributed by atoms with van der Waals surface area (Å²) in [5.41, 5.74) is 7.83. The maximum atomic E-state index is 9.59. The molecule has 4 heteroatoms. The maximum absolute atomic E-state index is 9.59. The van der Waals surface area contributed by atoms with Gasteiger partial charge >= 0.3 is 7.05 Å². The third-order valence-electron chi connectivity index (χ3n) is 3.39. The van der Waals surface area contributed by atoms with Crippen molar-refractivity contribution in [3.8, 4) is 0 Å². The highest BCUT2D eigenvalue weighted by Crippen LogP contribution is 2.27. The second kappa shape index (κ2) is 4.89. The smallest absolute Gasteiger partial charge is 0.376 e. The van der Waals surface area contributed by atoms with E-state index in [1.165, 1.54) is 12.0 Å². The number of anilines is 1. The van der Waals surface area contributed by atoms with Gasteiger partial charge in [0.05, 0.1) is 0 Å². The number of nitrogen functional groups attached to an aromatic ring is 1. The SMILES string of the molecule is CB(O)N1CCCC(c2ccc(N)cc2)C1. The van der Waals surface area contributed by atoms with Crippen LogP contribution in [0.4, 0.5) is 5.69 Å². The summed E-state index contributed by atoms with van der Waals surface area (Å²) in [6.07, 6.45) is 2.35. The minimum absolute atomic E-state index is 0.336.